The highest BCUT2D eigenvalue weighted by atomic mass is 16.5. The number of nitrogens with one attached hydrogen (secondary N) is 1. The SMILES string of the molecule is COc1cc(-c2cccnc2OC2CCCC2)ccc1-c1cc(=O)[nH]o1. The molecule has 0 atom stereocenters. The highest BCUT2D eigenvalue weighted by Gasteiger charge is 2.20. The van der Waals surface area contributed by atoms with Crippen LogP contribution in [0.15, 0.2) is 51.9 Å². The summed E-state index contributed by atoms with van der Waals surface area (Å²) in [6.45, 7) is 0. The van der Waals surface area contributed by atoms with Crippen molar-refractivity contribution in [2.75, 3.05) is 7.11 Å². The number of hydrogen-bond acceptors (Lipinski definition) is 5. The lowest BCUT2D eigenvalue weighted by atomic mass is 10.0. The number of aromatic amines is 1. The van der Waals surface area contributed by atoms with Crippen LogP contribution in [-0.2, 0) is 0 Å². The van der Waals surface area contributed by atoms with E-state index in [0.717, 1.165) is 24.0 Å². The molecule has 0 spiro atoms. The number of aromatic nitrogens is 2. The molecule has 0 saturated heterocycles. The first-order valence-electron chi connectivity index (χ1n) is 8.73. The van der Waals surface area contributed by atoms with Crippen molar-refractivity contribution in [3.05, 3.63) is 52.9 Å². The maximum Gasteiger partial charge on any atom is 0.280 e. The molecule has 26 heavy (non-hydrogen) atoms. The molecule has 4 rings (SSSR count). The van der Waals surface area contributed by atoms with Crippen LogP contribution in [0.4, 0.5) is 0 Å². The van der Waals surface area contributed by atoms with Gasteiger partial charge in [0.2, 0.25) is 5.88 Å². The Balaban J connectivity index is 1.71. The third-order valence-electron chi connectivity index (χ3n) is 4.65. The van der Waals surface area contributed by atoms with Gasteiger partial charge in [-0.05, 0) is 55.5 Å². The van der Waals surface area contributed by atoms with Crippen molar-refractivity contribution < 1.29 is 14.0 Å². The molecule has 1 fully saturated rings. The normalized spacial score (nSPS) is 14.5. The quantitative estimate of drug-likeness (QED) is 0.750. The number of rotatable bonds is 5. The summed E-state index contributed by atoms with van der Waals surface area (Å²) in [7, 11) is 1.59. The molecule has 2 aromatic heterocycles. The molecular formula is C20H20N2O4. The van der Waals surface area contributed by atoms with Gasteiger partial charge in [0.05, 0.1) is 18.7 Å². The van der Waals surface area contributed by atoms with Crippen molar-refractivity contribution in [3.63, 3.8) is 0 Å². The zero-order chi connectivity index (χ0) is 17.9. The molecule has 1 aromatic carbocycles. The van der Waals surface area contributed by atoms with Gasteiger partial charge in [0, 0.05) is 11.8 Å². The van der Waals surface area contributed by atoms with Gasteiger partial charge >= 0.3 is 0 Å². The second-order valence-corrected chi connectivity index (χ2v) is 6.37. The predicted molar refractivity (Wildman–Crippen MR) is 97.4 cm³/mol. The van der Waals surface area contributed by atoms with Crippen LogP contribution in [0.3, 0.4) is 0 Å². The van der Waals surface area contributed by atoms with Gasteiger partial charge in [-0.25, -0.2) is 4.98 Å². The molecule has 6 heteroatoms. The molecular weight excluding hydrogens is 332 g/mol. The molecule has 1 N–H and O–H groups in total. The lowest BCUT2D eigenvalue weighted by Crippen LogP contribution is -2.12. The summed E-state index contributed by atoms with van der Waals surface area (Å²) in [4.78, 5) is 15.8. The highest BCUT2D eigenvalue weighted by Crippen LogP contribution is 2.37. The summed E-state index contributed by atoms with van der Waals surface area (Å²) in [6, 6.07) is 11.0. The van der Waals surface area contributed by atoms with Crippen LogP contribution >= 0.6 is 0 Å². The fourth-order valence-corrected chi connectivity index (χ4v) is 3.35. The van der Waals surface area contributed by atoms with Crippen LogP contribution in [-0.4, -0.2) is 23.4 Å². The molecule has 134 valence electrons. The molecule has 1 saturated carbocycles. The van der Waals surface area contributed by atoms with Gasteiger partial charge in [0.25, 0.3) is 5.56 Å². The standard InChI is InChI=1S/C20H20N2O4/c1-24-17-11-13(8-9-16(17)18-12-19(23)22-26-18)15-7-4-10-21-20(15)25-14-5-2-3-6-14/h4,7-12,14H,2-3,5-6H2,1H3,(H,22,23). The maximum atomic E-state index is 11.3. The number of H-pyrrole nitrogens is 1. The first-order valence-corrected chi connectivity index (χ1v) is 8.73. The minimum Gasteiger partial charge on any atom is -0.496 e. The van der Waals surface area contributed by atoms with Crippen LogP contribution in [0.5, 0.6) is 11.6 Å². The third kappa shape index (κ3) is 3.22. The summed E-state index contributed by atoms with van der Waals surface area (Å²) in [6.07, 6.45) is 6.54. The zero-order valence-corrected chi connectivity index (χ0v) is 14.5. The van der Waals surface area contributed by atoms with E-state index in [9.17, 15) is 4.79 Å². The van der Waals surface area contributed by atoms with Crippen molar-refractivity contribution in [1.82, 2.24) is 10.1 Å². The number of hydrogen-bond donors (Lipinski definition) is 1. The molecule has 0 amide bonds. The van der Waals surface area contributed by atoms with Crippen molar-refractivity contribution in [1.29, 1.82) is 0 Å². The molecule has 2 heterocycles. The van der Waals surface area contributed by atoms with Gasteiger partial charge in [0.15, 0.2) is 5.76 Å². The summed E-state index contributed by atoms with van der Waals surface area (Å²) < 4.78 is 16.8. The van der Waals surface area contributed by atoms with Crippen LogP contribution < -0.4 is 15.0 Å². The first-order chi connectivity index (χ1) is 12.7. The Morgan fingerprint density at radius 1 is 1.15 bits per heavy atom. The summed E-state index contributed by atoms with van der Waals surface area (Å²) in [5.41, 5.74) is 2.27. The fraction of sp³-hybridized carbons (Fsp3) is 0.300. The largest absolute Gasteiger partial charge is 0.496 e. The Labute approximate surface area is 150 Å². The van der Waals surface area contributed by atoms with Crippen LogP contribution in [0.25, 0.3) is 22.5 Å². The van der Waals surface area contributed by atoms with Crippen LogP contribution in [0.2, 0.25) is 0 Å². The lowest BCUT2D eigenvalue weighted by Gasteiger charge is -2.16. The van der Waals surface area contributed by atoms with Crippen molar-refractivity contribution in [2.45, 2.75) is 31.8 Å². The number of ether oxygens (including phenoxy) is 2. The minimum absolute atomic E-state index is 0.235. The van der Waals surface area contributed by atoms with E-state index in [1.807, 2.05) is 30.3 Å². The second-order valence-electron chi connectivity index (χ2n) is 6.37. The van der Waals surface area contributed by atoms with Gasteiger partial charge in [-0.2, -0.15) is 5.16 Å². The molecule has 0 unspecified atom stereocenters. The van der Waals surface area contributed by atoms with E-state index in [0.29, 0.717) is 23.0 Å². The first kappa shape index (κ1) is 16.4. The van der Waals surface area contributed by atoms with Gasteiger partial charge < -0.3 is 14.0 Å². The summed E-state index contributed by atoms with van der Waals surface area (Å²) in [5.74, 6) is 1.69. The van der Waals surface area contributed by atoms with E-state index in [4.69, 9.17) is 14.0 Å². The number of benzene rings is 1. The van der Waals surface area contributed by atoms with E-state index in [-0.39, 0.29) is 11.7 Å². The molecule has 1 aliphatic rings. The summed E-state index contributed by atoms with van der Waals surface area (Å²) in [5, 5.41) is 2.30. The Bertz CT molecular complexity index is 954. The molecule has 6 nitrogen and oxygen atoms in total. The Morgan fingerprint density at radius 2 is 2.00 bits per heavy atom. The van der Waals surface area contributed by atoms with Gasteiger partial charge in [-0.15, -0.1) is 0 Å². The number of methoxy groups -OCH3 is 1. The van der Waals surface area contributed by atoms with Gasteiger partial charge in [0.1, 0.15) is 11.9 Å². The Kier molecular flexibility index (Phi) is 4.48. The average Bonchev–Trinajstić information content (AvgIpc) is 3.33. The van der Waals surface area contributed by atoms with Gasteiger partial charge in [-0.3, -0.25) is 4.79 Å². The molecule has 3 aromatic rings. The monoisotopic (exact) mass is 352 g/mol. The van der Waals surface area contributed by atoms with E-state index in [1.165, 1.54) is 18.9 Å². The van der Waals surface area contributed by atoms with E-state index >= 15 is 0 Å². The van der Waals surface area contributed by atoms with E-state index < -0.39 is 0 Å². The molecule has 0 bridgehead atoms. The molecule has 0 aliphatic heterocycles. The van der Waals surface area contributed by atoms with Gasteiger partial charge in [-0.1, -0.05) is 6.07 Å². The Morgan fingerprint density at radius 3 is 2.73 bits per heavy atom. The maximum absolute atomic E-state index is 11.3. The molecule has 0 radical (unpaired) electrons. The lowest BCUT2D eigenvalue weighted by molar-refractivity contribution is 0.202. The Hall–Kier alpha value is -3.02. The zero-order valence-electron chi connectivity index (χ0n) is 14.5. The summed E-state index contributed by atoms with van der Waals surface area (Å²) >= 11 is 0. The van der Waals surface area contributed by atoms with Crippen molar-refractivity contribution in [3.8, 4) is 34.1 Å². The fourth-order valence-electron chi connectivity index (χ4n) is 3.35. The number of nitrogens with zero attached hydrogens (tertiary/aromatic N) is 1. The average molecular weight is 352 g/mol. The van der Waals surface area contributed by atoms with Crippen LogP contribution in [0, 0.1) is 0 Å². The second kappa shape index (κ2) is 7.07. The minimum atomic E-state index is -0.286. The van der Waals surface area contributed by atoms with Crippen molar-refractivity contribution >= 4 is 0 Å². The smallest absolute Gasteiger partial charge is 0.280 e. The highest BCUT2D eigenvalue weighted by molar-refractivity contribution is 5.76. The predicted octanol–water partition coefficient (Wildman–Crippen LogP) is 4.03. The number of pyridine rings is 1. The van der Waals surface area contributed by atoms with Crippen LogP contribution in [0.1, 0.15) is 25.7 Å². The van der Waals surface area contributed by atoms with Crippen molar-refractivity contribution in [2.24, 2.45) is 0 Å². The van der Waals surface area contributed by atoms with E-state index in [2.05, 4.69) is 10.1 Å². The third-order valence-corrected chi connectivity index (χ3v) is 4.65. The molecule has 1 aliphatic carbocycles. The van der Waals surface area contributed by atoms with E-state index in [1.54, 1.807) is 13.3 Å². The topological polar surface area (TPSA) is 77.4 Å².